The molecule has 0 radical (unpaired) electrons. The quantitative estimate of drug-likeness (QED) is 0.0612. The van der Waals surface area contributed by atoms with Crippen LogP contribution in [0, 0.1) is 0 Å². The summed E-state index contributed by atoms with van der Waals surface area (Å²) < 4.78 is 101. The van der Waals surface area contributed by atoms with Crippen molar-refractivity contribution in [3.8, 4) is 11.5 Å². The summed E-state index contributed by atoms with van der Waals surface area (Å²) in [5, 5.41) is 45.2. The molecule has 0 aliphatic carbocycles. The van der Waals surface area contributed by atoms with Crippen molar-refractivity contribution in [2.75, 3.05) is 5.73 Å². The van der Waals surface area contributed by atoms with Crippen LogP contribution in [0.25, 0.3) is 21.5 Å². The van der Waals surface area contributed by atoms with Crippen LogP contribution in [0.1, 0.15) is 10.4 Å². The maximum Gasteiger partial charge on any atom is 0.339 e. The summed E-state index contributed by atoms with van der Waals surface area (Å²) in [5.41, 5.74) is 3.78. The molecule has 0 fully saturated rings. The number of azo groups is 2. The van der Waals surface area contributed by atoms with Gasteiger partial charge in [0.2, 0.25) is 0 Å². The van der Waals surface area contributed by atoms with Gasteiger partial charge in [0.25, 0.3) is 30.4 Å². The van der Waals surface area contributed by atoms with Gasteiger partial charge in [0.1, 0.15) is 26.8 Å². The van der Waals surface area contributed by atoms with E-state index in [-0.39, 0.29) is 38.6 Å². The van der Waals surface area contributed by atoms with Gasteiger partial charge in [-0.15, -0.1) is 15.3 Å². The van der Waals surface area contributed by atoms with Crippen molar-refractivity contribution in [1.82, 2.24) is 0 Å². The van der Waals surface area contributed by atoms with Crippen LogP contribution in [0.5, 0.6) is 11.5 Å². The summed E-state index contributed by atoms with van der Waals surface area (Å²) in [6.07, 6.45) is 0. The zero-order valence-corrected chi connectivity index (χ0v) is 25.9. The highest BCUT2D eigenvalue weighted by atomic mass is 32.2. The normalized spacial score (nSPS) is 12.8. The standard InChI is InChI=1S/C27H19N5O13S3/c28-19-11-16-12(7-23(19)47(40,41)42)8-24(48(43,44)45)25(26(16)34)32-31-21-5-4-20(15-3-2-14(10-17(15)21)46(37,38)39)30-29-13-1-6-22(33)18(9-13)27(35)36/h1-11,33-34H,28H2,(H,35,36)(H,37,38,39)(H,40,41,42)(H,43,44,45)/b30-29+,32-31+. The second-order valence-electron chi connectivity index (χ2n) is 9.83. The van der Waals surface area contributed by atoms with Crippen molar-refractivity contribution >= 4 is 86.3 Å². The first-order chi connectivity index (χ1) is 22.3. The van der Waals surface area contributed by atoms with Crippen molar-refractivity contribution in [2.45, 2.75) is 14.7 Å². The number of aromatic carboxylic acids is 1. The zero-order valence-electron chi connectivity index (χ0n) is 23.5. The number of nitrogens with two attached hydrogens (primary N) is 1. The fraction of sp³-hybridized carbons (Fsp3) is 0. The summed E-state index contributed by atoms with van der Waals surface area (Å²) in [6.45, 7) is 0. The zero-order chi connectivity index (χ0) is 35.3. The molecule has 48 heavy (non-hydrogen) atoms. The van der Waals surface area contributed by atoms with E-state index in [1.54, 1.807) is 0 Å². The van der Waals surface area contributed by atoms with Gasteiger partial charge in [-0.25, -0.2) is 4.79 Å². The van der Waals surface area contributed by atoms with Gasteiger partial charge in [0, 0.05) is 16.2 Å². The molecule has 0 aliphatic rings. The Morgan fingerprint density at radius 3 is 1.83 bits per heavy atom. The lowest BCUT2D eigenvalue weighted by Crippen LogP contribution is -2.04. The van der Waals surface area contributed by atoms with E-state index in [4.69, 9.17) is 5.73 Å². The van der Waals surface area contributed by atoms with Gasteiger partial charge in [0.05, 0.1) is 27.6 Å². The predicted molar refractivity (Wildman–Crippen MR) is 167 cm³/mol. The topological polar surface area (TPSA) is 316 Å². The molecule has 18 nitrogen and oxygen atoms in total. The van der Waals surface area contributed by atoms with Crippen LogP contribution >= 0.6 is 0 Å². The van der Waals surface area contributed by atoms with Gasteiger partial charge >= 0.3 is 5.97 Å². The van der Waals surface area contributed by atoms with Crippen LogP contribution in [0.2, 0.25) is 0 Å². The Morgan fingerprint density at radius 2 is 1.23 bits per heavy atom. The third kappa shape index (κ3) is 6.62. The van der Waals surface area contributed by atoms with E-state index in [2.05, 4.69) is 20.5 Å². The van der Waals surface area contributed by atoms with Crippen molar-refractivity contribution in [1.29, 1.82) is 0 Å². The monoisotopic (exact) mass is 717 g/mol. The number of hydrogen-bond acceptors (Lipinski definition) is 14. The van der Waals surface area contributed by atoms with Gasteiger partial charge in [0.15, 0.2) is 5.75 Å². The highest BCUT2D eigenvalue weighted by Crippen LogP contribution is 2.44. The molecular weight excluding hydrogens is 699 g/mol. The minimum Gasteiger partial charge on any atom is -0.507 e. The van der Waals surface area contributed by atoms with Crippen molar-refractivity contribution in [3.63, 3.8) is 0 Å². The van der Waals surface area contributed by atoms with Crippen molar-refractivity contribution in [2.24, 2.45) is 20.5 Å². The van der Waals surface area contributed by atoms with Crippen LogP contribution < -0.4 is 5.73 Å². The number of nitrogen functional groups attached to an aromatic ring is 1. The van der Waals surface area contributed by atoms with E-state index in [0.29, 0.717) is 0 Å². The second kappa shape index (κ2) is 11.9. The Hall–Kier alpha value is -5.58. The molecule has 21 heteroatoms. The summed E-state index contributed by atoms with van der Waals surface area (Å²) >= 11 is 0. The Kier molecular flexibility index (Phi) is 8.37. The first-order valence-corrected chi connectivity index (χ1v) is 17.1. The molecule has 0 amide bonds. The molecule has 0 saturated carbocycles. The minimum atomic E-state index is -5.18. The molecule has 0 unspecified atom stereocenters. The molecule has 0 heterocycles. The summed E-state index contributed by atoms with van der Waals surface area (Å²) in [5.74, 6) is -2.87. The van der Waals surface area contributed by atoms with Crippen LogP contribution in [0.4, 0.5) is 28.4 Å². The Labute approximate surface area is 269 Å². The van der Waals surface area contributed by atoms with E-state index in [9.17, 15) is 59.0 Å². The molecule has 0 aromatic heterocycles. The van der Waals surface area contributed by atoms with E-state index < -0.39 is 79.4 Å². The number of carboxylic acid groups (broad SMARTS) is 1. The van der Waals surface area contributed by atoms with Crippen LogP contribution in [-0.4, -0.2) is 60.2 Å². The average molecular weight is 718 g/mol. The lowest BCUT2D eigenvalue weighted by molar-refractivity contribution is 0.0693. The maximum atomic E-state index is 12.3. The average Bonchev–Trinajstić information content (AvgIpc) is 2.98. The molecule has 8 N–H and O–H groups in total. The van der Waals surface area contributed by atoms with Gasteiger partial charge in [-0.2, -0.15) is 30.4 Å². The largest absolute Gasteiger partial charge is 0.507 e. The first kappa shape index (κ1) is 33.8. The molecule has 0 bridgehead atoms. The van der Waals surface area contributed by atoms with Crippen LogP contribution in [0.3, 0.4) is 0 Å². The molecule has 5 aromatic carbocycles. The van der Waals surface area contributed by atoms with Gasteiger partial charge in [-0.05, 0) is 66.0 Å². The molecule has 0 aliphatic heterocycles. The number of anilines is 1. The van der Waals surface area contributed by atoms with Crippen LogP contribution in [-0.2, 0) is 30.4 Å². The van der Waals surface area contributed by atoms with Gasteiger partial charge in [-0.1, -0.05) is 6.07 Å². The third-order valence-corrected chi connectivity index (χ3v) is 9.34. The number of rotatable bonds is 8. The SMILES string of the molecule is Nc1cc2c(O)c(/N=N/c3ccc(/N=N/c4ccc(O)c(C(=O)O)c4)c4ccc(S(=O)(=O)O)cc34)c(S(=O)(=O)O)cc2cc1S(=O)(=O)O. The molecule has 248 valence electrons. The number of aromatic hydroxyl groups is 2. The van der Waals surface area contributed by atoms with Crippen LogP contribution in [0.15, 0.2) is 102 Å². The number of carboxylic acids is 1. The predicted octanol–water partition coefficient (Wildman–Crippen LogP) is 5.26. The number of hydrogen-bond donors (Lipinski definition) is 7. The van der Waals surface area contributed by atoms with E-state index in [0.717, 1.165) is 42.5 Å². The fourth-order valence-electron chi connectivity index (χ4n) is 4.51. The Bertz CT molecular complexity index is 2610. The Morgan fingerprint density at radius 1 is 0.625 bits per heavy atom. The summed E-state index contributed by atoms with van der Waals surface area (Å²) in [6, 6.07) is 11.6. The van der Waals surface area contributed by atoms with Crippen molar-refractivity contribution < 1.29 is 59.0 Å². The minimum absolute atomic E-state index is 0.0190. The van der Waals surface area contributed by atoms with E-state index >= 15 is 0 Å². The third-order valence-electron chi connectivity index (χ3n) is 6.72. The second-order valence-corrected chi connectivity index (χ2v) is 14.0. The number of nitrogens with zero attached hydrogens (tertiary/aromatic N) is 4. The molecule has 0 saturated heterocycles. The molecule has 5 aromatic rings. The summed E-state index contributed by atoms with van der Waals surface area (Å²) in [7, 11) is -14.8. The molecule has 0 atom stereocenters. The lowest BCUT2D eigenvalue weighted by Gasteiger charge is -2.11. The van der Waals surface area contributed by atoms with Gasteiger partial charge < -0.3 is 21.1 Å². The molecular formula is C27H19N5O13S3. The van der Waals surface area contributed by atoms with Gasteiger partial charge in [-0.3, -0.25) is 13.7 Å². The number of benzene rings is 5. The first-order valence-electron chi connectivity index (χ1n) is 12.7. The fourth-order valence-corrected chi connectivity index (χ4v) is 6.31. The molecule has 5 rings (SSSR count). The lowest BCUT2D eigenvalue weighted by atomic mass is 10.1. The number of phenolic OH excluding ortho intramolecular Hbond substituents is 1. The Balaban J connectivity index is 1.70. The number of fused-ring (bicyclic) bond motifs is 2. The highest BCUT2D eigenvalue weighted by Gasteiger charge is 2.25. The maximum absolute atomic E-state index is 12.3. The smallest absolute Gasteiger partial charge is 0.339 e. The number of phenols is 2. The van der Waals surface area contributed by atoms with Crippen molar-refractivity contribution in [3.05, 3.63) is 72.3 Å². The number of carbonyl (C=O) groups is 1. The van der Waals surface area contributed by atoms with E-state index in [1.165, 1.54) is 24.3 Å². The molecule has 0 spiro atoms. The van der Waals surface area contributed by atoms with E-state index in [1.807, 2.05) is 0 Å². The highest BCUT2D eigenvalue weighted by molar-refractivity contribution is 7.86. The summed E-state index contributed by atoms with van der Waals surface area (Å²) in [4.78, 5) is 8.90.